The van der Waals surface area contributed by atoms with E-state index in [1.807, 2.05) is 67.6 Å². The first kappa shape index (κ1) is 20.4. The molecule has 0 fully saturated rings. The van der Waals surface area contributed by atoms with E-state index in [0.717, 1.165) is 17.4 Å². The fourth-order valence-corrected chi connectivity index (χ4v) is 3.29. The molecule has 0 saturated heterocycles. The van der Waals surface area contributed by atoms with Crippen molar-refractivity contribution in [2.24, 2.45) is 0 Å². The third kappa shape index (κ3) is 4.67. The Hall–Kier alpha value is -3.86. The van der Waals surface area contributed by atoms with Gasteiger partial charge in [-0.3, -0.25) is 4.79 Å². The number of furan rings is 1. The summed E-state index contributed by atoms with van der Waals surface area (Å²) in [5.74, 6) is -0.236. The Labute approximate surface area is 180 Å². The smallest absolute Gasteiger partial charge is 0.375 e. The van der Waals surface area contributed by atoms with E-state index >= 15 is 0 Å². The van der Waals surface area contributed by atoms with Crippen LogP contribution in [-0.4, -0.2) is 18.4 Å². The number of Topliss-reactive ketones (excluding diaryl/α,β-unsaturated/α-hetero) is 1. The van der Waals surface area contributed by atoms with Crippen LogP contribution >= 0.6 is 0 Å². The van der Waals surface area contributed by atoms with E-state index in [2.05, 4.69) is 0 Å². The molecule has 0 atom stereocenters. The second-order valence-electron chi connectivity index (χ2n) is 7.06. The molecule has 0 unspecified atom stereocenters. The standard InChI is InChI=1S/C26H22O5/c1-2-18-12-14-19(15-13-18)23(27)17-30-26(28)25-22(16-29-20-8-4-3-5-9-20)21-10-6-7-11-24(21)31-25/h3-15H,2,16-17H2,1H3. The van der Waals surface area contributed by atoms with Crippen LogP contribution in [0.25, 0.3) is 11.0 Å². The molecule has 1 aromatic heterocycles. The van der Waals surface area contributed by atoms with E-state index in [0.29, 0.717) is 22.5 Å². The van der Waals surface area contributed by atoms with Crippen LogP contribution in [0.1, 0.15) is 39.0 Å². The van der Waals surface area contributed by atoms with Gasteiger partial charge in [-0.15, -0.1) is 0 Å². The molecule has 0 aliphatic rings. The van der Waals surface area contributed by atoms with Gasteiger partial charge in [0.25, 0.3) is 0 Å². The van der Waals surface area contributed by atoms with Crippen molar-refractivity contribution in [3.8, 4) is 5.75 Å². The summed E-state index contributed by atoms with van der Waals surface area (Å²) < 4.78 is 16.9. The van der Waals surface area contributed by atoms with Crippen LogP contribution < -0.4 is 4.74 Å². The van der Waals surface area contributed by atoms with Gasteiger partial charge in [0.1, 0.15) is 17.9 Å². The number of rotatable bonds is 8. The van der Waals surface area contributed by atoms with Crippen LogP contribution in [0, 0.1) is 0 Å². The second kappa shape index (κ2) is 9.30. The molecule has 0 amide bonds. The van der Waals surface area contributed by atoms with Gasteiger partial charge in [-0.1, -0.05) is 67.6 Å². The molecular weight excluding hydrogens is 392 g/mol. The van der Waals surface area contributed by atoms with E-state index in [1.165, 1.54) is 0 Å². The van der Waals surface area contributed by atoms with Gasteiger partial charge in [-0.05, 0) is 30.2 Å². The Bertz CT molecular complexity index is 1190. The van der Waals surface area contributed by atoms with Crippen LogP contribution in [0.15, 0.2) is 83.3 Å². The Morgan fingerprint density at radius 3 is 2.32 bits per heavy atom. The molecular formula is C26H22O5. The van der Waals surface area contributed by atoms with Crippen LogP contribution in [0.5, 0.6) is 5.75 Å². The molecule has 0 aliphatic carbocycles. The van der Waals surface area contributed by atoms with Crippen molar-refractivity contribution in [1.82, 2.24) is 0 Å². The highest BCUT2D eigenvalue weighted by Gasteiger charge is 2.23. The zero-order valence-electron chi connectivity index (χ0n) is 17.2. The van der Waals surface area contributed by atoms with Crippen LogP contribution in [0.3, 0.4) is 0 Å². The highest BCUT2D eigenvalue weighted by Crippen LogP contribution is 2.28. The van der Waals surface area contributed by atoms with Crippen molar-refractivity contribution in [3.05, 3.63) is 101 Å². The Morgan fingerprint density at radius 1 is 0.871 bits per heavy atom. The molecule has 1 heterocycles. The summed E-state index contributed by atoms with van der Waals surface area (Å²) in [6, 6.07) is 23.9. The molecule has 5 heteroatoms. The van der Waals surface area contributed by atoms with Crippen molar-refractivity contribution >= 4 is 22.7 Å². The predicted octanol–water partition coefficient (Wildman–Crippen LogP) is 5.61. The minimum absolute atomic E-state index is 0.0475. The maximum absolute atomic E-state index is 12.8. The number of benzene rings is 3. The molecule has 0 spiro atoms. The van der Waals surface area contributed by atoms with E-state index < -0.39 is 5.97 Å². The van der Waals surface area contributed by atoms with Gasteiger partial charge < -0.3 is 13.9 Å². The van der Waals surface area contributed by atoms with Crippen LogP contribution in [-0.2, 0) is 17.8 Å². The van der Waals surface area contributed by atoms with Gasteiger partial charge in [-0.2, -0.15) is 0 Å². The number of fused-ring (bicyclic) bond motifs is 1. The first-order valence-corrected chi connectivity index (χ1v) is 10.1. The molecule has 0 radical (unpaired) electrons. The molecule has 156 valence electrons. The fraction of sp³-hybridized carbons (Fsp3) is 0.154. The van der Waals surface area contributed by atoms with Crippen molar-refractivity contribution in [3.63, 3.8) is 0 Å². The van der Waals surface area contributed by atoms with E-state index in [-0.39, 0.29) is 24.8 Å². The highest BCUT2D eigenvalue weighted by atomic mass is 16.5. The zero-order valence-corrected chi connectivity index (χ0v) is 17.2. The van der Waals surface area contributed by atoms with E-state index in [1.54, 1.807) is 18.2 Å². The van der Waals surface area contributed by atoms with Gasteiger partial charge >= 0.3 is 5.97 Å². The predicted molar refractivity (Wildman–Crippen MR) is 117 cm³/mol. The van der Waals surface area contributed by atoms with Gasteiger partial charge in [-0.25, -0.2) is 4.79 Å². The van der Waals surface area contributed by atoms with Crippen molar-refractivity contribution in [1.29, 1.82) is 0 Å². The minimum atomic E-state index is -0.693. The van der Waals surface area contributed by atoms with Gasteiger partial charge in [0, 0.05) is 10.9 Å². The number of esters is 1. The van der Waals surface area contributed by atoms with Gasteiger partial charge in [0.2, 0.25) is 5.76 Å². The number of aryl methyl sites for hydroxylation is 1. The lowest BCUT2D eigenvalue weighted by molar-refractivity contribution is 0.0443. The molecule has 4 aromatic rings. The van der Waals surface area contributed by atoms with E-state index in [9.17, 15) is 9.59 Å². The van der Waals surface area contributed by atoms with Crippen LogP contribution in [0.2, 0.25) is 0 Å². The summed E-state index contributed by atoms with van der Waals surface area (Å²) in [7, 11) is 0. The summed E-state index contributed by atoms with van der Waals surface area (Å²) in [6.45, 7) is 1.82. The summed E-state index contributed by atoms with van der Waals surface area (Å²) in [5.41, 5.74) is 2.79. The lowest BCUT2D eigenvalue weighted by Crippen LogP contribution is -2.15. The molecule has 5 nitrogen and oxygen atoms in total. The molecule has 0 bridgehead atoms. The molecule has 3 aromatic carbocycles. The molecule has 0 N–H and O–H groups in total. The quantitative estimate of drug-likeness (QED) is 0.277. The average molecular weight is 414 g/mol. The molecule has 0 aliphatic heterocycles. The topological polar surface area (TPSA) is 65.7 Å². The summed E-state index contributed by atoms with van der Waals surface area (Å²) in [4.78, 5) is 25.2. The highest BCUT2D eigenvalue weighted by molar-refractivity contribution is 6.00. The van der Waals surface area contributed by atoms with Crippen LogP contribution in [0.4, 0.5) is 0 Å². The average Bonchev–Trinajstić information content (AvgIpc) is 3.20. The van der Waals surface area contributed by atoms with E-state index in [4.69, 9.17) is 13.9 Å². The molecule has 0 saturated carbocycles. The van der Waals surface area contributed by atoms with Gasteiger partial charge in [0.15, 0.2) is 12.4 Å². The molecule has 4 rings (SSSR count). The van der Waals surface area contributed by atoms with Crippen molar-refractivity contribution < 1.29 is 23.5 Å². The number of ether oxygens (including phenoxy) is 2. The lowest BCUT2D eigenvalue weighted by atomic mass is 10.1. The summed E-state index contributed by atoms with van der Waals surface area (Å²) in [5, 5.41) is 0.770. The number of para-hydroxylation sites is 2. The number of ketones is 1. The largest absolute Gasteiger partial charge is 0.489 e. The Kier molecular flexibility index (Phi) is 6.13. The summed E-state index contributed by atoms with van der Waals surface area (Å²) in [6.07, 6.45) is 0.892. The first-order valence-electron chi connectivity index (χ1n) is 10.1. The Balaban J connectivity index is 1.50. The number of hydrogen-bond donors (Lipinski definition) is 0. The van der Waals surface area contributed by atoms with Crippen molar-refractivity contribution in [2.45, 2.75) is 20.0 Å². The zero-order chi connectivity index (χ0) is 21.6. The van der Waals surface area contributed by atoms with Gasteiger partial charge in [0.05, 0.1) is 5.56 Å². The SMILES string of the molecule is CCc1ccc(C(=O)COC(=O)c2oc3ccccc3c2COc2ccccc2)cc1. The van der Waals surface area contributed by atoms with Crippen molar-refractivity contribution in [2.75, 3.05) is 6.61 Å². The second-order valence-corrected chi connectivity index (χ2v) is 7.06. The maximum Gasteiger partial charge on any atom is 0.375 e. The third-order valence-corrected chi connectivity index (χ3v) is 5.03. The fourth-order valence-electron chi connectivity index (χ4n) is 3.29. The Morgan fingerprint density at radius 2 is 1.58 bits per heavy atom. The maximum atomic E-state index is 12.8. The minimum Gasteiger partial charge on any atom is -0.489 e. The number of hydrogen-bond acceptors (Lipinski definition) is 5. The molecule has 31 heavy (non-hydrogen) atoms. The summed E-state index contributed by atoms with van der Waals surface area (Å²) >= 11 is 0. The number of carbonyl (C=O) groups is 2. The lowest BCUT2D eigenvalue weighted by Gasteiger charge is -2.07. The first-order chi connectivity index (χ1) is 15.2. The monoisotopic (exact) mass is 414 g/mol. The normalized spacial score (nSPS) is 10.7. The third-order valence-electron chi connectivity index (χ3n) is 5.03. The number of carbonyl (C=O) groups excluding carboxylic acids is 2.